The van der Waals surface area contributed by atoms with Gasteiger partial charge >= 0.3 is 0 Å². The molecular formula is C13H9ClF3N. The molecule has 2 aromatic rings. The lowest BCUT2D eigenvalue weighted by Crippen LogP contribution is -2.02. The number of nitrogens with one attached hydrogen (secondary N) is 1. The Balaban J connectivity index is 2.13. The van der Waals surface area contributed by atoms with Gasteiger partial charge in [-0.3, -0.25) is 0 Å². The van der Waals surface area contributed by atoms with Crippen molar-refractivity contribution >= 4 is 17.3 Å². The predicted molar refractivity (Wildman–Crippen MR) is 65.1 cm³/mol. The summed E-state index contributed by atoms with van der Waals surface area (Å²) in [4.78, 5) is 0. The maximum atomic E-state index is 13.4. The molecule has 0 aliphatic heterocycles. The minimum absolute atomic E-state index is 0.0300. The summed E-state index contributed by atoms with van der Waals surface area (Å²) >= 11 is 5.72. The molecule has 0 amide bonds. The van der Waals surface area contributed by atoms with E-state index in [1.807, 2.05) is 0 Å². The molecule has 0 heterocycles. The average Bonchev–Trinajstić information content (AvgIpc) is 2.30. The molecule has 2 rings (SSSR count). The third-order valence-corrected chi connectivity index (χ3v) is 2.69. The molecule has 0 atom stereocenters. The highest BCUT2D eigenvalue weighted by Crippen LogP contribution is 2.26. The number of benzene rings is 2. The van der Waals surface area contributed by atoms with E-state index in [-0.39, 0.29) is 23.1 Å². The third kappa shape index (κ3) is 2.96. The molecule has 0 aliphatic carbocycles. The Hall–Kier alpha value is -1.68. The van der Waals surface area contributed by atoms with E-state index in [0.717, 1.165) is 17.7 Å². The van der Waals surface area contributed by atoms with E-state index < -0.39 is 11.6 Å². The van der Waals surface area contributed by atoms with Crippen LogP contribution in [0.15, 0.2) is 36.4 Å². The molecule has 0 saturated carbocycles. The van der Waals surface area contributed by atoms with Gasteiger partial charge in [0.2, 0.25) is 0 Å². The molecular weight excluding hydrogens is 263 g/mol. The summed E-state index contributed by atoms with van der Waals surface area (Å²) in [6.07, 6.45) is 0. The fourth-order valence-electron chi connectivity index (χ4n) is 1.50. The molecule has 1 nitrogen and oxygen atoms in total. The Labute approximate surface area is 107 Å². The second-order valence-electron chi connectivity index (χ2n) is 3.72. The first kappa shape index (κ1) is 12.8. The third-order valence-electron chi connectivity index (χ3n) is 2.39. The molecule has 0 unspecified atom stereocenters. The van der Waals surface area contributed by atoms with Gasteiger partial charge in [-0.05, 0) is 23.8 Å². The predicted octanol–water partition coefficient (Wildman–Crippen LogP) is 4.37. The molecule has 18 heavy (non-hydrogen) atoms. The molecule has 0 bridgehead atoms. The summed E-state index contributed by atoms with van der Waals surface area (Å²) in [5.41, 5.74) is 0.790. The first-order valence-electron chi connectivity index (χ1n) is 5.19. The average molecular weight is 272 g/mol. The van der Waals surface area contributed by atoms with E-state index in [1.54, 1.807) is 12.1 Å². The zero-order valence-corrected chi connectivity index (χ0v) is 9.94. The number of hydrogen-bond donors (Lipinski definition) is 1. The van der Waals surface area contributed by atoms with Gasteiger partial charge in [0.25, 0.3) is 0 Å². The van der Waals surface area contributed by atoms with E-state index in [0.29, 0.717) is 0 Å². The van der Waals surface area contributed by atoms with Crippen LogP contribution in [0.25, 0.3) is 0 Å². The van der Waals surface area contributed by atoms with E-state index in [9.17, 15) is 13.2 Å². The van der Waals surface area contributed by atoms with Crippen LogP contribution in [0.5, 0.6) is 0 Å². The van der Waals surface area contributed by atoms with Crippen LogP contribution in [0.4, 0.5) is 18.9 Å². The fraction of sp³-hybridized carbons (Fsp3) is 0.0769. The smallest absolute Gasteiger partial charge is 0.150 e. The van der Waals surface area contributed by atoms with Crippen molar-refractivity contribution in [1.29, 1.82) is 0 Å². The van der Waals surface area contributed by atoms with Gasteiger partial charge in [0.1, 0.15) is 11.6 Å². The van der Waals surface area contributed by atoms with Crippen molar-refractivity contribution in [1.82, 2.24) is 0 Å². The highest BCUT2D eigenvalue weighted by Gasteiger charge is 2.09. The first-order valence-corrected chi connectivity index (χ1v) is 5.57. The Bertz CT molecular complexity index is 532. The summed E-state index contributed by atoms with van der Waals surface area (Å²) in [6, 6.07) is 7.52. The van der Waals surface area contributed by atoms with Crippen LogP contribution < -0.4 is 5.32 Å². The van der Waals surface area contributed by atoms with Crippen molar-refractivity contribution in [2.24, 2.45) is 0 Å². The molecule has 0 saturated heterocycles. The number of hydrogen-bond acceptors (Lipinski definition) is 1. The number of anilines is 1. The number of rotatable bonds is 3. The van der Waals surface area contributed by atoms with E-state index in [4.69, 9.17) is 11.6 Å². The Morgan fingerprint density at radius 1 is 0.944 bits per heavy atom. The van der Waals surface area contributed by atoms with E-state index in [2.05, 4.69) is 5.32 Å². The van der Waals surface area contributed by atoms with Gasteiger partial charge < -0.3 is 5.32 Å². The lowest BCUT2D eigenvalue weighted by Gasteiger charge is -2.09. The molecule has 5 heteroatoms. The highest BCUT2D eigenvalue weighted by molar-refractivity contribution is 6.33. The van der Waals surface area contributed by atoms with Crippen LogP contribution in [0, 0.1) is 17.5 Å². The van der Waals surface area contributed by atoms with Gasteiger partial charge in [-0.25, -0.2) is 13.2 Å². The molecule has 0 spiro atoms. The molecule has 0 aromatic heterocycles. The minimum Gasteiger partial charge on any atom is -0.377 e. The van der Waals surface area contributed by atoms with Crippen molar-refractivity contribution in [2.45, 2.75) is 6.54 Å². The van der Waals surface area contributed by atoms with Crippen molar-refractivity contribution in [3.8, 4) is 0 Å². The van der Waals surface area contributed by atoms with Gasteiger partial charge in [0.05, 0.1) is 10.7 Å². The normalized spacial score (nSPS) is 10.4. The van der Waals surface area contributed by atoms with Crippen LogP contribution in [0.3, 0.4) is 0 Å². The zero-order valence-electron chi connectivity index (χ0n) is 9.18. The second kappa shape index (κ2) is 5.31. The minimum atomic E-state index is -0.762. The molecule has 2 aromatic carbocycles. The van der Waals surface area contributed by atoms with Crippen molar-refractivity contribution in [2.75, 3.05) is 5.32 Å². The molecule has 1 N–H and O–H groups in total. The molecule has 0 fully saturated rings. The van der Waals surface area contributed by atoms with Gasteiger partial charge in [-0.1, -0.05) is 23.7 Å². The van der Waals surface area contributed by atoms with Gasteiger partial charge in [0.15, 0.2) is 5.82 Å². The lowest BCUT2D eigenvalue weighted by atomic mass is 10.2. The SMILES string of the molecule is Fc1ccc(CNc2c(F)cc(F)cc2Cl)cc1. The maximum Gasteiger partial charge on any atom is 0.150 e. The Morgan fingerprint density at radius 2 is 1.61 bits per heavy atom. The quantitative estimate of drug-likeness (QED) is 0.874. The monoisotopic (exact) mass is 271 g/mol. The number of halogens is 4. The van der Waals surface area contributed by atoms with Crippen molar-refractivity contribution in [3.05, 3.63) is 64.4 Å². The molecule has 0 aliphatic rings. The summed E-state index contributed by atoms with van der Waals surface area (Å²) in [7, 11) is 0. The van der Waals surface area contributed by atoms with Crippen molar-refractivity contribution < 1.29 is 13.2 Å². The topological polar surface area (TPSA) is 12.0 Å². The highest BCUT2D eigenvalue weighted by atomic mass is 35.5. The molecule has 94 valence electrons. The lowest BCUT2D eigenvalue weighted by molar-refractivity contribution is 0.585. The Morgan fingerprint density at radius 3 is 2.22 bits per heavy atom. The van der Waals surface area contributed by atoms with Gasteiger partial charge in [-0.15, -0.1) is 0 Å². The van der Waals surface area contributed by atoms with E-state index in [1.165, 1.54) is 12.1 Å². The van der Waals surface area contributed by atoms with Crippen molar-refractivity contribution in [3.63, 3.8) is 0 Å². The standard InChI is InChI=1S/C13H9ClF3N/c14-11-5-10(16)6-12(17)13(11)18-7-8-1-3-9(15)4-2-8/h1-6,18H,7H2. The summed E-state index contributed by atoms with van der Waals surface area (Å²) in [5.74, 6) is -1.84. The van der Waals surface area contributed by atoms with Crippen LogP contribution in [-0.4, -0.2) is 0 Å². The Kier molecular flexibility index (Phi) is 3.77. The summed E-state index contributed by atoms with van der Waals surface area (Å²) < 4.78 is 38.9. The largest absolute Gasteiger partial charge is 0.377 e. The molecule has 0 radical (unpaired) electrons. The van der Waals surface area contributed by atoms with Gasteiger partial charge in [0, 0.05) is 12.6 Å². The summed E-state index contributed by atoms with van der Waals surface area (Å²) in [6.45, 7) is 0.266. The van der Waals surface area contributed by atoms with Crippen LogP contribution in [0.2, 0.25) is 5.02 Å². The first-order chi connectivity index (χ1) is 8.56. The zero-order chi connectivity index (χ0) is 13.1. The summed E-state index contributed by atoms with van der Waals surface area (Å²) in [5, 5.41) is 2.72. The van der Waals surface area contributed by atoms with Crippen LogP contribution in [-0.2, 0) is 6.54 Å². The van der Waals surface area contributed by atoms with Crippen LogP contribution in [0.1, 0.15) is 5.56 Å². The maximum absolute atomic E-state index is 13.4. The van der Waals surface area contributed by atoms with Gasteiger partial charge in [-0.2, -0.15) is 0 Å². The van der Waals surface area contributed by atoms with Crippen LogP contribution >= 0.6 is 11.6 Å². The van der Waals surface area contributed by atoms with E-state index >= 15 is 0 Å². The fourth-order valence-corrected chi connectivity index (χ4v) is 1.77. The second-order valence-corrected chi connectivity index (χ2v) is 4.13.